The van der Waals surface area contributed by atoms with Crippen LogP contribution in [0, 0.1) is 6.07 Å². The van der Waals surface area contributed by atoms with Crippen molar-refractivity contribution >= 4 is 27.3 Å². The molecule has 4 rings (SSSR count). The molecule has 2 N–H and O–H groups in total. The molecule has 5 heteroatoms. The molecule has 1 heterocycles. The number of methoxy groups -OCH3 is 1. The Bertz CT molecular complexity index is 1180. The number of pyridine rings is 1. The average Bonchev–Trinajstić information content (AvgIpc) is 2.73. The first-order chi connectivity index (χ1) is 14.0. The van der Waals surface area contributed by atoms with E-state index in [-0.39, 0.29) is 31.6 Å². The number of aliphatic hydroxyl groups is 1. The number of hydrogen-bond acceptors (Lipinski definition) is 3. The van der Waals surface area contributed by atoms with Gasteiger partial charge in [-0.3, -0.25) is 4.79 Å². The molecular formula is C25H23IrNO3. The SMILES string of the molecule is CC(=[OH+])/C=C(/C)O.COc1c[c-]c(-c2nccc3c2ccc2ccccc23)cc1.[Ir]. The van der Waals surface area contributed by atoms with E-state index in [0.29, 0.717) is 0 Å². The zero-order chi connectivity index (χ0) is 20.8. The van der Waals surface area contributed by atoms with Gasteiger partial charge >= 0.3 is 5.78 Å². The number of aromatic nitrogens is 1. The van der Waals surface area contributed by atoms with Gasteiger partial charge in [0.25, 0.3) is 0 Å². The zero-order valence-electron chi connectivity index (χ0n) is 17.0. The minimum atomic E-state index is 0. The van der Waals surface area contributed by atoms with Crippen molar-refractivity contribution in [2.45, 2.75) is 13.8 Å². The Morgan fingerprint density at radius 1 is 1.00 bits per heavy atom. The summed E-state index contributed by atoms with van der Waals surface area (Å²) in [7, 11) is 1.66. The van der Waals surface area contributed by atoms with Gasteiger partial charge in [0.1, 0.15) is 0 Å². The number of rotatable bonds is 3. The monoisotopic (exact) mass is 578 g/mol. The van der Waals surface area contributed by atoms with E-state index >= 15 is 0 Å². The number of carbonyl (C=O) groups excluding carboxylic acids is 1. The van der Waals surface area contributed by atoms with Gasteiger partial charge in [-0.2, -0.15) is 0 Å². The number of allylic oxidation sites excluding steroid dienone is 2. The second-order valence-electron chi connectivity index (χ2n) is 6.61. The van der Waals surface area contributed by atoms with Crippen LogP contribution in [-0.2, 0) is 20.1 Å². The molecule has 30 heavy (non-hydrogen) atoms. The Morgan fingerprint density at radius 2 is 1.77 bits per heavy atom. The third kappa shape index (κ3) is 5.53. The van der Waals surface area contributed by atoms with Crippen molar-refractivity contribution in [3.05, 3.63) is 84.8 Å². The summed E-state index contributed by atoms with van der Waals surface area (Å²) in [5.74, 6) is 1.05. The van der Waals surface area contributed by atoms with Gasteiger partial charge in [0.2, 0.25) is 0 Å². The topological polar surface area (TPSA) is 63.8 Å². The smallest absolute Gasteiger partial charge is 0.316 e. The molecule has 3 aromatic carbocycles. The quantitative estimate of drug-likeness (QED) is 0.109. The normalized spacial score (nSPS) is 10.7. The predicted molar refractivity (Wildman–Crippen MR) is 119 cm³/mol. The van der Waals surface area contributed by atoms with Gasteiger partial charge in [0.05, 0.1) is 25.9 Å². The van der Waals surface area contributed by atoms with E-state index in [0.717, 1.165) is 22.4 Å². The number of nitrogens with zero attached hydrogens (tertiary/aromatic N) is 1. The fourth-order valence-corrected chi connectivity index (χ4v) is 3.14. The number of fused-ring (bicyclic) bond motifs is 3. The molecule has 0 bridgehead atoms. The van der Waals surface area contributed by atoms with E-state index in [1.165, 1.54) is 36.1 Å². The van der Waals surface area contributed by atoms with E-state index < -0.39 is 0 Å². The number of aliphatic hydroxyl groups excluding tert-OH is 1. The Hall–Kier alpha value is -3.01. The number of ether oxygens (including phenoxy) is 1. The summed E-state index contributed by atoms with van der Waals surface area (Å²) in [6.45, 7) is 3.00. The fourth-order valence-electron chi connectivity index (χ4n) is 3.14. The van der Waals surface area contributed by atoms with Crippen LogP contribution in [0.5, 0.6) is 5.75 Å². The van der Waals surface area contributed by atoms with Crippen molar-refractivity contribution in [3.8, 4) is 17.0 Å². The van der Waals surface area contributed by atoms with Gasteiger partial charge in [-0.1, -0.05) is 36.4 Å². The van der Waals surface area contributed by atoms with E-state index in [4.69, 9.17) is 14.6 Å². The molecule has 4 aromatic rings. The summed E-state index contributed by atoms with van der Waals surface area (Å²) < 4.78 is 5.20. The first-order valence-electron chi connectivity index (χ1n) is 9.22. The Morgan fingerprint density at radius 3 is 2.37 bits per heavy atom. The zero-order valence-corrected chi connectivity index (χ0v) is 19.4. The van der Waals surface area contributed by atoms with Crippen molar-refractivity contribution in [1.82, 2.24) is 4.98 Å². The maximum atomic E-state index is 8.40. The molecule has 0 atom stereocenters. The molecule has 0 fully saturated rings. The first kappa shape index (κ1) is 23.3. The Labute approximate surface area is 189 Å². The van der Waals surface area contributed by atoms with Gasteiger partial charge < -0.3 is 14.8 Å². The van der Waals surface area contributed by atoms with Crippen LogP contribution < -0.4 is 4.74 Å². The summed E-state index contributed by atoms with van der Waals surface area (Å²) >= 11 is 0. The Balaban J connectivity index is 0.000000350. The number of ketones is 1. The van der Waals surface area contributed by atoms with Crippen LogP contribution in [0.2, 0.25) is 0 Å². The molecule has 0 spiro atoms. The summed E-state index contributed by atoms with van der Waals surface area (Å²) in [4.78, 5) is 13.0. The van der Waals surface area contributed by atoms with Gasteiger partial charge in [-0.05, 0) is 40.2 Å². The molecule has 0 aliphatic carbocycles. The molecule has 0 unspecified atom stereocenters. The second kappa shape index (κ2) is 10.7. The second-order valence-corrected chi connectivity index (χ2v) is 6.61. The molecule has 4 nitrogen and oxygen atoms in total. The van der Waals surface area contributed by atoms with Crippen LogP contribution >= 0.6 is 0 Å². The molecule has 0 aliphatic rings. The van der Waals surface area contributed by atoms with Gasteiger partial charge in [-0.15, -0.1) is 29.8 Å². The van der Waals surface area contributed by atoms with Crippen LogP contribution in [0.25, 0.3) is 32.8 Å². The molecular weight excluding hydrogens is 554 g/mol. The summed E-state index contributed by atoms with van der Waals surface area (Å²) in [6.07, 6.45) is 3.14. The Kier molecular flexibility index (Phi) is 8.28. The maximum Gasteiger partial charge on any atom is 0.316 e. The van der Waals surface area contributed by atoms with Crippen molar-refractivity contribution in [2.75, 3.05) is 7.11 Å². The standard InChI is InChI=1S/C20H14NO.C5H8O2.Ir/c1-22-16-9-6-15(7-10-16)20-19-11-8-14-4-2-3-5-17(14)18(19)12-13-21-20;1-4(6)3-5(2)7;/h2-6,8-13H,1H3;3,6H,1-2H3;/q-1;;/p+1/b;4-3-;. The minimum absolute atomic E-state index is 0. The number of hydrogen-bond donors (Lipinski definition) is 1. The van der Waals surface area contributed by atoms with Crippen molar-refractivity contribution in [1.29, 1.82) is 0 Å². The third-order valence-corrected chi connectivity index (χ3v) is 4.36. The summed E-state index contributed by atoms with van der Waals surface area (Å²) in [6, 6.07) is 23.8. The van der Waals surface area contributed by atoms with Crippen molar-refractivity contribution in [3.63, 3.8) is 0 Å². The molecule has 0 amide bonds. The molecule has 0 aliphatic heterocycles. The maximum absolute atomic E-state index is 8.40. The van der Waals surface area contributed by atoms with E-state index in [1.807, 2.05) is 24.4 Å². The largest absolute Gasteiger partial charge is 0.540 e. The summed E-state index contributed by atoms with van der Waals surface area (Å²) in [5.41, 5.74) is 1.92. The van der Waals surface area contributed by atoms with Gasteiger partial charge in [0.15, 0.2) is 0 Å². The van der Waals surface area contributed by atoms with Crippen molar-refractivity contribution < 1.29 is 34.7 Å². The van der Waals surface area contributed by atoms with Crippen LogP contribution in [0.4, 0.5) is 0 Å². The van der Waals surface area contributed by atoms with Crippen LogP contribution in [0.3, 0.4) is 0 Å². The summed E-state index contributed by atoms with van der Waals surface area (Å²) in [5, 5.41) is 13.2. The predicted octanol–water partition coefficient (Wildman–Crippen LogP) is 5.87. The van der Waals surface area contributed by atoms with E-state index in [9.17, 15) is 0 Å². The molecule has 1 aromatic heterocycles. The number of benzene rings is 3. The molecule has 0 saturated heterocycles. The third-order valence-electron chi connectivity index (χ3n) is 4.36. The van der Waals surface area contributed by atoms with Crippen LogP contribution in [0.15, 0.2) is 78.7 Å². The molecule has 1 radical (unpaired) electrons. The van der Waals surface area contributed by atoms with E-state index in [1.54, 1.807) is 7.11 Å². The average molecular weight is 578 g/mol. The fraction of sp³-hybridized carbons (Fsp3) is 0.120. The van der Waals surface area contributed by atoms with Gasteiger partial charge in [0, 0.05) is 32.1 Å². The van der Waals surface area contributed by atoms with Crippen molar-refractivity contribution in [2.24, 2.45) is 0 Å². The van der Waals surface area contributed by atoms with Crippen LogP contribution in [-0.4, -0.2) is 27.8 Å². The first-order valence-corrected chi connectivity index (χ1v) is 9.22. The molecule has 155 valence electrons. The van der Waals surface area contributed by atoms with Gasteiger partial charge in [-0.25, -0.2) is 0 Å². The molecule has 0 saturated carbocycles. The minimum Gasteiger partial charge on any atom is -0.540 e. The van der Waals surface area contributed by atoms with Crippen LogP contribution in [0.1, 0.15) is 13.8 Å². The van der Waals surface area contributed by atoms with E-state index in [2.05, 4.69) is 53.5 Å².